The van der Waals surface area contributed by atoms with Crippen LogP contribution in [0.15, 0.2) is 58.5 Å². The minimum atomic E-state index is -3.72. The lowest BCUT2D eigenvalue weighted by Gasteiger charge is -2.09. The van der Waals surface area contributed by atoms with Crippen molar-refractivity contribution in [3.8, 4) is 6.07 Å². The summed E-state index contributed by atoms with van der Waals surface area (Å²) in [5.41, 5.74) is 9.32. The summed E-state index contributed by atoms with van der Waals surface area (Å²) in [5, 5.41) is 19.6. The van der Waals surface area contributed by atoms with Crippen molar-refractivity contribution in [2.75, 3.05) is 10.1 Å². The molecule has 0 saturated carbocycles. The molecule has 25 heavy (non-hydrogen) atoms. The summed E-state index contributed by atoms with van der Waals surface area (Å²) < 4.78 is 27.3. The lowest BCUT2D eigenvalue weighted by Crippen LogP contribution is -2.21. The van der Waals surface area contributed by atoms with Gasteiger partial charge in [-0.25, -0.2) is 8.42 Å². The van der Waals surface area contributed by atoms with E-state index in [0.29, 0.717) is 11.4 Å². The van der Waals surface area contributed by atoms with Gasteiger partial charge in [-0.2, -0.15) is 10.4 Å². The standard InChI is InChI=1S/C16H16N6O2S/c1-11-3-2-4-13(9-11)22-25(23,24)14-7-5-12(6-8-14)20-21-15(10-17)16(18)19/h2-9,20,22H,1H3,(H3,18,19)/b21-15+. The topological polar surface area (TPSA) is 144 Å². The molecule has 2 rings (SSSR count). The van der Waals surface area contributed by atoms with Crippen molar-refractivity contribution in [3.05, 3.63) is 54.1 Å². The summed E-state index contributed by atoms with van der Waals surface area (Å²) in [7, 11) is -3.72. The molecule has 0 spiro atoms. The summed E-state index contributed by atoms with van der Waals surface area (Å²) in [5.74, 6) is -0.462. The van der Waals surface area contributed by atoms with E-state index < -0.39 is 15.9 Å². The zero-order valence-electron chi connectivity index (χ0n) is 13.3. The molecule has 5 N–H and O–H groups in total. The number of aryl methyl sites for hydroxylation is 1. The van der Waals surface area contributed by atoms with Crippen molar-refractivity contribution in [3.63, 3.8) is 0 Å². The van der Waals surface area contributed by atoms with Gasteiger partial charge < -0.3 is 5.73 Å². The number of rotatable bonds is 6. The first kappa shape index (κ1) is 18.0. The van der Waals surface area contributed by atoms with E-state index in [-0.39, 0.29) is 10.6 Å². The molecule has 0 saturated heterocycles. The summed E-state index contributed by atoms with van der Waals surface area (Å²) in [4.78, 5) is 0.0793. The highest BCUT2D eigenvalue weighted by atomic mass is 32.2. The number of nitrogens with two attached hydrogens (primary N) is 1. The molecule has 2 aromatic carbocycles. The molecule has 0 aliphatic rings. The second kappa shape index (κ2) is 7.46. The van der Waals surface area contributed by atoms with Gasteiger partial charge in [0.25, 0.3) is 10.0 Å². The van der Waals surface area contributed by atoms with Crippen LogP contribution in [0.4, 0.5) is 11.4 Å². The third-order valence-corrected chi connectivity index (χ3v) is 4.49. The van der Waals surface area contributed by atoms with Crippen LogP contribution >= 0.6 is 0 Å². The number of hydrogen-bond acceptors (Lipinski definition) is 6. The number of hydrogen-bond donors (Lipinski definition) is 4. The van der Waals surface area contributed by atoms with E-state index in [0.717, 1.165) is 5.56 Å². The Balaban J connectivity index is 2.16. The third-order valence-electron chi connectivity index (χ3n) is 3.09. The molecule has 0 unspecified atom stereocenters. The average Bonchev–Trinajstić information content (AvgIpc) is 2.55. The summed E-state index contributed by atoms with van der Waals surface area (Å²) >= 11 is 0. The molecule has 0 bridgehead atoms. The van der Waals surface area contributed by atoms with Gasteiger partial charge in [0, 0.05) is 5.69 Å². The van der Waals surface area contributed by atoms with Crippen molar-refractivity contribution in [1.29, 1.82) is 10.7 Å². The second-order valence-electron chi connectivity index (χ2n) is 5.10. The minimum absolute atomic E-state index is 0.0793. The quantitative estimate of drug-likeness (QED) is 0.355. The number of benzene rings is 2. The number of amidine groups is 1. The summed E-state index contributed by atoms with van der Waals surface area (Å²) in [6.45, 7) is 1.87. The van der Waals surface area contributed by atoms with Crippen LogP contribution in [0, 0.1) is 23.7 Å². The lowest BCUT2D eigenvalue weighted by atomic mass is 10.2. The van der Waals surface area contributed by atoms with E-state index in [1.54, 1.807) is 24.3 Å². The number of nitrogens with zero attached hydrogens (tertiary/aromatic N) is 2. The maximum absolute atomic E-state index is 12.4. The van der Waals surface area contributed by atoms with Crippen LogP contribution < -0.4 is 15.9 Å². The van der Waals surface area contributed by atoms with Gasteiger partial charge in [-0.05, 0) is 48.9 Å². The minimum Gasteiger partial charge on any atom is -0.382 e. The Kier molecular flexibility index (Phi) is 5.36. The predicted molar refractivity (Wildman–Crippen MR) is 97.0 cm³/mol. The molecule has 0 fully saturated rings. The molecule has 0 amide bonds. The molecule has 0 aliphatic carbocycles. The van der Waals surface area contributed by atoms with Crippen molar-refractivity contribution in [2.24, 2.45) is 10.8 Å². The van der Waals surface area contributed by atoms with Gasteiger partial charge in [-0.3, -0.25) is 15.6 Å². The zero-order valence-corrected chi connectivity index (χ0v) is 14.1. The van der Waals surface area contributed by atoms with Crippen molar-refractivity contribution < 1.29 is 8.42 Å². The first-order valence-corrected chi connectivity index (χ1v) is 8.58. The van der Waals surface area contributed by atoms with Crippen molar-refractivity contribution in [1.82, 2.24) is 0 Å². The van der Waals surface area contributed by atoms with E-state index in [9.17, 15) is 8.42 Å². The molecule has 2 aromatic rings. The van der Waals surface area contributed by atoms with Crippen LogP contribution in [-0.2, 0) is 10.0 Å². The van der Waals surface area contributed by atoms with Gasteiger partial charge in [0.15, 0.2) is 5.84 Å². The van der Waals surface area contributed by atoms with E-state index >= 15 is 0 Å². The highest BCUT2D eigenvalue weighted by Gasteiger charge is 2.14. The number of hydrazone groups is 1. The van der Waals surface area contributed by atoms with Crippen LogP contribution in [0.3, 0.4) is 0 Å². The number of nitrogens with one attached hydrogen (secondary N) is 3. The first-order valence-electron chi connectivity index (χ1n) is 7.09. The van der Waals surface area contributed by atoms with Crippen LogP contribution in [0.2, 0.25) is 0 Å². The fraction of sp³-hybridized carbons (Fsp3) is 0.0625. The molecular weight excluding hydrogens is 340 g/mol. The average molecular weight is 356 g/mol. The maximum Gasteiger partial charge on any atom is 0.261 e. The maximum atomic E-state index is 12.4. The van der Waals surface area contributed by atoms with Crippen molar-refractivity contribution in [2.45, 2.75) is 11.8 Å². The summed E-state index contributed by atoms with van der Waals surface area (Å²) in [6, 6.07) is 14.5. The van der Waals surface area contributed by atoms with E-state index in [1.807, 2.05) is 13.0 Å². The highest BCUT2D eigenvalue weighted by molar-refractivity contribution is 7.92. The monoisotopic (exact) mass is 356 g/mol. The normalized spacial score (nSPS) is 11.4. The molecule has 8 nitrogen and oxygen atoms in total. The fourth-order valence-corrected chi connectivity index (χ4v) is 2.95. The molecule has 9 heteroatoms. The van der Waals surface area contributed by atoms with Crippen LogP contribution in [0.5, 0.6) is 0 Å². The Morgan fingerprint density at radius 3 is 2.44 bits per heavy atom. The van der Waals surface area contributed by atoms with Gasteiger partial charge in [-0.15, -0.1) is 0 Å². The SMILES string of the molecule is Cc1cccc(NS(=O)(=O)c2ccc(N/N=C(\C#N)C(=N)N)cc2)c1. The molecule has 0 radical (unpaired) electrons. The van der Waals surface area contributed by atoms with Gasteiger partial charge in [-0.1, -0.05) is 12.1 Å². The Hall–Kier alpha value is -3.38. The number of sulfonamides is 1. The molecule has 0 heterocycles. The first-order chi connectivity index (χ1) is 11.8. The van der Waals surface area contributed by atoms with E-state index in [1.165, 1.54) is 24.3 Å². The third kappa shape index (κ3) is 4.79. The number of nitriles is 1. The highest BCUT2D eigenvalue weighted by Crippen LogP contribution is 2.19. The van der Waals surface area contributed by atoms with Gasteiger partial charge in [0.2, 0.25) is 5.71 Å². The molecule has 0 aliphatic heterocycles. The molecule has 128 valence electrons. The molecule has 0 aromatic heterocycles. The Morgan fingerprint density at radius 2 is 1.88 bits per heavy atom. The Morgan fingerprint density at radius 1 is 1.20 bits per heavy atom. The largest absolute Gasteiger partial charge is 0.382 e. The number of anilines is 2. The predicted octanol–water partition coefficient (Wildman–Crippen LogP) is 2.02. The molecular formula is C16H16N6O2S. The smallest absolute Gasteiger partial charge is 0.261 e. The lowest BCUT2D eigenvalue weighted by molar-refractivity contribution is 0.601. The van der Waals surface area contributed by atoms with E-state index in [4.69, 9.17) is 16.4 Å². The Labute approximate surface area is 145 Å². The van der Waals surface area contributed by atoms with Crippen LogP contribution in [0.25, 0.3) is 0 Å². The fourth-order valence-electron chi connectivity index (χ4n) is 1.90. The summed E-state index contributed by atoms with van der Waals surface area (Å²) in [6.07, 6.45) is 0. The van der Waals surface area contributed by atoms with Crippen molar-refractivity contribution >= 4 is 32.9 Å². The van der Waals surface area contributed by atoms with Gasteiger partial charge >= 0.3 is 0 Å². The van der Waals surface area contributed by atoms with E-state index in [2.05, 4.69) is 15.2 Å². The zero-order chi connectivity index (χ0) is 18.4. The van der Waals surface area contributed by atoms with Gasteiger partial charge in [0.1, 0.15) is 6.07 Å². The van der Waals surface area contributed by atoms with Crippen LogP contribution in [0.1, 0.15) is 5.56 Å². The van der Waals surface area contributed by atoms with Gasteiger partial charge in [0.05, 0.1) is 10.6 Å². The second-order valence-corrected chi connectivity index (χ2v) is 6.78. The van der Waals surface area contributed by atoms with Crippen LogP contribution in [-0.4, -0.2) is 20.0 Å². The Bertz CT molecular complexity index is 959. The molecule has 0 atom stereocenters.